The molecule has 168 valence electrons. The third kappa shape index (κ3) is 5.99. The van der Waals surface area contributed by atoms with Gasteiger partial charge in [0.05, 0.1) is 16.8 Å². The number of amides is 2. The highest BCUT2D eigenvalue weighted by molar-refractivity contribution is 7.99. The highest BCUT2D eigenvalue weighted by Crippen LogP contribution is 2.23. The van der Waals surface area contributed by atoms with Crippen molar-refractivity contribution in [2.75, 3.05) is 11.1 Å². The van der Waals surface area contributed by atoms with Gasteiger partial charge in [-0.05, 0) is 56.3 Å². The zero-order chi connectivity index (χ0) is 23.3. The zero-order valence-electron chi connectivity index (χ0n) is 17.2. The summed E-state index contributed by atoms with van der Waals surface area (Å²) in [5.41, 5.74) is 0.883. The molecule has 3 aromatic rings. The number of carbonyl (C=O) groups excluding carboxylic acids is 2. The SMILES string of the molecule is CCn1c(SCC(=O)Nc2ccc(F)c(Cl)c2)nnc1[C@@H](C)NC(=O)c1ccc(Cl)cc1. The second kappa shape index (κ2) is 10.8. The van der Waals surface area contributed by atoms with Crippen molar-refractivity contribution in [3.8, 4) is 0 Å². The topological polar surface area (TPSA) is 88.9 Å². The molecule has 0 aliphatic heterocycles. The molecule has 0 bridgehead atoms. The Balaban J connectivity index is 1.62. The number of hydrogen-bond acceptors (Lipinski definition) is 5. The number of nitrogens with one attached hydrogen (secondary N) is 2. The number of aromatic nitrogens is 3. The molecule has 11 heteroatoms. The van der Waals surface area contributed by atoms with Gasteiger partial charge in [0, 0.05) is 22.8 Å². The van der Waals surface area contributed by atoms with Gasteiger partial charge in [0.25, 0.3) is 5.91 Å². The molecule has 0 saturated heterocycles. The summed E-state index contributed by atoms with van der Waals surface area (Å²) < 4.78 is 15.1. The Morgan fingerprint density at radius 1 is 1.16 bits per heavy atom. The summed E-state index contributed by atoms with van der Waals surface area (Å²) in [5.74, 6) is -0.471. The molecule has 7 nitrogen and oxygen atoms in total. The maximum Gasteiger partial charge on any atom is 0.251 e. The van der Waals surface area contributed by atoms with E-state index in [2.05, 4.69) is 20.8 Å². The van der Waals surface area contributed by atoms with E-state index < -0.39 is 11.9 Å². The van der Waals surface area contributed by atoms with Crippen LogP contribution in [0.25, 0.3) is 0 Å². The van der Waals surface area contributed by atoms with Gasteiger partial charge >= 0.3 is 0 Å². The molecule has 3 rings (SSSR count). The molecule has 0 aliphatic carbocycles. The van der Waals surface area contributed by atoms with Crippen LogP contribution in [0.15, 0.2) is 47.6 Å². The Bertz CT molecular complexity index is 1120. The molecule has 0 radical (unpaired) electrons. The van der Waals surface area contributed by atoms with Crippen LogP contribution < -0.4 is 10.6 Å². The first kappa shape index (κ1) is 24.0. The third-order valence-electron chi connectivity index (χ3n) is 4.44. The van der Waals surface area contributed by atoms with E-state index in [-0.39, 0.29) is 22.6 Å². The van der Waals surface area contributed by atoms with E-state index >= 15 is 0 Å². The Morgan fingerprint density at radius 3 is 2.53 bits per heavy atom. The van der Waals surface area contributed by atoms with Crippen molar-refractivity contribution in [1.29, 1.82) is 0 Å². The summed E-state index contributed by atoms with van der Waals surface area (Å²) in [7, 11) is 0. The van der Waals surface area contributed by atoms with Gasteiger partial charge < -0.3 is 15.2 Å². The molecule has 1 heterocycles. The average Bonchev–Trinajstić information content (AvgIpc) is 3.18. The fourth-order valence-corrected chi connectivity index (χ4v) is 3.99. The van der Waals surface area contributed by atoms with Crippen LogP contribution in [0.5, 0.6) is 0 Å². The molecule has 0 unspecified atom stereocenters. The van der Waals surface area contributed by atoms with Gasteiger partial charge in [-0.2, -0.15) is 0 Å². The van der Waals surface area contributed by atoms with Gasteiger partial charge in [-0.15, -0.1) is 10.2 Å². The van der Waals surface area contributed by atoms with E-state index in [0.29, 0.717) is 33.8 Å². The van der Waals surface area contributed by atoms with Crippen LogP contribution in [0, 0.1) is 5.82 Å². The van der Waals surface area contributed by atoms with Crippen LogP contribution in [-0.2, 0) is 11.3 Å². The average molecular weight is 496 g/mol. The molecular formula is C21H20Cl2FN5O2S. The highest BCUT2D eigenvalue weighted by Gasteiger charge is 2.20. The van der Waals surface area contributed by atoms with Crippen LogP contribution >= 0.6 is 35.0 Å². The van der Waals surface area contributed by atoms with Crippen LogP contribution in [0.1, 0.15) is 36.1 Å². The predicted molar refractivity (Wildman–Crippen MR) is 124 cm³/mol. The lowest BCUT2D eigenvalue weighted by molar-refractivity contribution is -0.113. The quantitative estimate of drug-likeness (QED) is 0.430. The molecule has 1 aromatic heterocycles. The van der Waals surface area contributed by atoms with Crippen LogP contribution in [-0.4, -0.2) is 32.3 Å². The summed E-state index contributed by atoms with van der Waals surface area (Å²) in [6.45, 7) is 4.29. The fourth-order valence-electron chi connectivity index (χ4n) is 2.87. The Kier molecular flexibility index (Phi) is 8.11. The standard InChI is InChI=1S/C21H20Cl2FN5O2S/c1-3-29-19(12(2)25-20(31)13-4-6-14(22)7-5-13)27-28-21(29)32-11-18(30)26-15-8-9-17(24)16(23)10-15/h4-10,12H,3,11H2,1-2H3,(H,25,31)(H,26,30)/t12-/m1/s1. The van der Waals surface area contributed by atoms with Crippen molar-refractivity contribution in [1.82, 2.24) is 20.1 Å². The monoisotopic (exact) mass is 495 g/mol. The molecular weight excluding hydrogens is 476 g/mol. The van der Waals surface area contributed by atoms with E-state index in [1.807, 2.05) is 18.4 Å². The van der Waals surface area contributed by atoms with Gasteiger partial charge in [-0.3, -0.25) is 9.59 Å². The molecule has 0 saturated carbocycles. The number of thioether (sulfide) groups is 1. The molecule has 0 fully saturated rings. The fraction of sp³-hybridized carbons (Fsp3) is 0.238. The number of nitrogens with zero attached hydrogens (tertiary/aromatic N) is 3. The second-order valence-corrected chi connectivity index (χ2v) is 8.54. The minimum Gasteiger partial charge on any atom is -0.342 e. The number of rotatable bonds is 8. The molecule has 0 aliphatic rings. The number of carbonyl (C=O) groups is 2. The zero-order valence-corrected chi connectivity index (χ0v) is 19.6. The second-order valence-electron chi connectivity index (χ2n) is 6.75. The first-order valence-corrected chi connectivity index (χ1v) is 11.4. The van der Waals surface area contributed by atoms with E-state index in [9.17, 15) is 14.0 Å². The van der Waals surface area contributed by atoms with Crippen molar-refractivity contribution < 1.29 is 14.0 Å². The molecule has 0 spiro atoms. The number of hydrogen-bond donors (Lipinski definition) is 2. The van der Waals surface area contributed by atoms with Crippen molar-refractivity contribution in [2.45, 2.75) is 31.6 Å². The summed E-state index contributed by atoms with van der Waals surface area (Å²) in [4.78, 5) is 24.7. The van der Waals surface area contributed by atoms with E-state index in [0.717, 1.165) is 0 Å². The molecule has 2 amide bonds. The van der Waals surface area contributed by atoms with Gasteiger partial charge in [-0.1, -0.05) is 35.0 Å². The number of benzene rings is 2. The Hall–Kier alpha value is -2.62. The molecule has 2 aromatic carbocycles. The Labute approximate surface area is 198 Å². The maximum absolute atomic E-state index is 13.2. The van der Waals surface area contributed by atoms with Crippen molar-refractivity contribution in [3.05, 3.63) is 69.7 Å². The highest BCUT2D eigenvalue weighted by atomic mass is 35.5. The van der Waals surface area contributed by atoms with Crippen molar-refractivity contribution >= 4 is 52.5 Å². The number of halogens is 3. The summed E-state index contributed by atoms with van der Waals surface area (Å²) in [5, 5.41) is 14.9. The van der Waals surface area contributed by atoms with Crippen molar-refractivity contribution in [2.24, 2.45) is 0 Å². The van der Waals surface area contributed by atoms with Crippen LogP contribution in [0.2, 0.25) is 10.0 Å². The predicted octanol–water partition coefficient (Wildman–Crippen LogP) is 4.97. The lowest BCUT2D eigenvalue weighted by Crippen LogP contribution is -2.28. The van der Waals surface area contributed by atoms with Crippen molar-refractivity contribution in [3.63, 3.8) is 0 Å². The first-order chi connectivity index (χ1) is 15.3. The number of anilines is 1. The van der Waals surface area contributed by atoms with Gasteiger partial charge in [0.15, 0.2) is 11.0 Å². The minimum absolute atomic E-state index is 0.0681. The minimum atomic E-state index is -0.556. The first-order valence-electron chi connectivity index (χ1n) is 9.65. The summed E-state index contributed by atoms with van der Waals surface area (Å²) in [6, 6.07) is 10.1. The molecule has 2 N–H and O–H groups in total. The maximum atomic E-state index is 13.2. The van der Waals surface area contributed by atoms with Gasteiger partial charge in [0.1, 0.15) is 5.82 Å². The van der Waals surface area contributed by atoms with E-state index in [1.165, 1.54) is 30.0 Å². The molecule has 1 atom stereocenters. The molecule has 32 heavy (non-hydrogen) atoms. The van der Waals surface area contributed by atoms with Gasteiger partial charge in [0.2, 0.25) is 5.91 Å². The smallest absolute Gasteiger partial charge is 0.251 e. The Morgan fingerprint density at radius 2 is 1.88 bits per heavy atom. The lowest BCUT2D eigenvalue weighted by Gasteiger charge is -2.15. The third-order valence-corrected chi connectivity index (χ3v) is 5.95. The summed E-state index contributed by atoms with van der Waals surface area (Å²) in [6.07, 6.45) is 0. The largest absolute Gasteiger partial charge is 0.342 e. The van der Waals surface area contributed by atoms with Crippen LogP contribution in [0.4, 0.5) is 10.1 Å². The van der Waals surface area contributed by atoms with Crippen LogP contribution in [0.3, 0.4) is 0 Å². The lowest BCUT2D eigenvalue weighted by atomic mass is 10.2. The van der Waals surface area contributed by atoms with E-state index in [1.54, 1.807) is 24.3 Å². The van der Waals surface area contributed by atoms with E-state index in [4.69, 9.17) is 23.2 Å². The summed E-state index contributed by atoms with van der Waals surface area (Å²) >= 11 is 12.8. The van der Waals surface area contributed by atoms with Gasteiger partial charge in [-0.25, -0.2) is 4.39 Å². The normalized spacial score (nSPS) is 11.8.